The van der Waals surface area contributed by atoms with Gasteiger partial charge in [0.15, 0.2) is 0 Å². The van der Waals surface area contributed by atoms with Crippen LogP contribution >= 0.6 is 0 Å². The van der Waals surface area contributed by atoms with Crippen molar-refractivity contribution in [2.24, 2.45) is 45.3 Å². The van der Waals surface area contributed by atoms with Crippen LogP contribution < -0.4 is 9.47 Å². The Bertz CT molecular complexity index is 1220. The monoisotopic (exact) mass is 534 g/mol. The highest BCUT2D eigenvalue weighted by Crippen LogP contribution is 2.76. The number of hydrogen-bond acceptors (Lipinski definition) is 4. The van der Waals surface area contributed by atoms with Gasteiger partial charge in [-0.15, -0.1) is 0 Å². The topological polar surface area (TPSA) is 52.6 Å². The third-order valence-electron chi connectivity index (χ3n) is 13.6. The van der Waals surface area contributed by atoms with Crippen LogP contribution in [-0.2, 0) is 21.4 Å². The fraction of sp³-hybridized carbons (Fsp3) is 0.771. The van der Waals surface area contributed by atoms with Crippen LogP contribution in [0, 0.1) is 45.3 Å². The fourth-order valence-corrected chi connectivity index (χ4v) is 12.5. The predicted molar refractivity (Wildman–Crippen MR) is 154 cm³/mol. The summed E-state index contributed by atoms with van der Waals surface area (Å²) in [7, 11) is 0. The Hall–Kier alpha value is -1.84. The third kappa shape index (κ3) is 3.67. The first kappa shape index (κ1) is 27.3. The number of rotatable bonds is 2. The maximum Gasteiger partial charge on any atom is 0.308 e. The van der Waals surface area contributed by atoms with Crippen molar-refractivity contribution in [2.45, 2.75) is 125 Å². The molecular weight excluding hydrogens is 484 g/mol. The molecule has 5 aliphatic rings. The van der Waals surface area contributed by atoms with Gasteiger partial charge in [0, 0.05) is 30.4 Å². The Morgan fingerprint density at radius 1 is 0.667 bits per heavy atom. The summed E-state index contributed by atoms with van der Waals surface area (Å²) in [5.74, 6) is 3.49. The van der Waals surface area contributed by atoms with Crippen molar-refractivity contribution in [2.75, 3.05) is 0 Å². The largest absolute Gasteiger partial charge is 0.426 e. The molecule has 39 heavy (non-hydrogen) atoms. The number of carbonyl (C=O) groups is 2. The molecule has 8 unspecified atom stereocenters. The van der Waals surface area contributed by atoms with E-state index in [0.29, 0.717) is 39.6 Å². The van der Waals surface area contributed by atoms with E-state index in [0.717, 1.165) is 35.8 Å². The van der Waals surface area contributed by atoms with Crippen LogP contribution in [0.4, 0.5) is 0 Å². The van der Waals surface area contributed by atoms with Gasteiger partial charge < -0.3 is 9.47 Å². The van der Waals surface area contributed by atoms with Crippen molar-refractivity contribution >= 4 is 11.9 Å². The zero-order valence-corrected chi connectivity index (χ0v) is 25.7. The van der Waals surface area contributed by atoms with Gasteiger partial charge in [-0.3, -0.25) is 9.59 Å². The Morgan fingerprint density at radius 3 is 1.82 bits per heavy atom. The normalized spacial score (nSPS) is 43.7. The Morgan fingerprint density at radius 2 is 1.18 bits per heavy atom. The molecule has 4 heteroatoms. The Balaban J connectivity index is 1.41. The molecule has 214 valence electrons. The molecule has 1 aromatic carbocycles. The Kier molecular flexibility index (Phi) is 6.02. The fourth-order valence-electron chi connectivity index (χ4n) is 12.5. The van der Waals surface area contributed by atoms with Gasteiger partial charge in [0.05, 0.1) is 0 Å². The van der Waals surface area contributed by atoms with Crippen LogP contribution in [0.15, 0.2) is 12.1 Å². The highest BCUT2D eigenvalue weighted by Gasteiger charge is 2.69. The van der Waals surface area contributed by atoms with Gasteiger partial charge >= 0.3 is 11.9 Å². The van der Waals surface area contributed by atoms with Gasteiger partial charge in [0.25, 0.3) is 0 Å². The molecule has 4 nitrogen and oxygen atoms in total. The second-order valence-corrected chi connectivity index (χ2v) is 15.9. The summed E-state index contributed by atoms with van der Waals surface area (Å²) in [6.45, 7) is 18.4. The second kappa shape index (κ2) is 8.58. The van der Waals surface area contributed by atoms with Crippen molar-refractivity contribution in [3.63, 3.8) is 0 Å². The van der Waals surface area contributed by atoms with Gasteiger partial charge in [-0.25, -0.2) is 0 Å². The lowest BCUT2D eigenvalue weighted by atomic mass is 9.34. The van der Waals surface area contributed by atoms with Crippen molar-refractivity contribution in [1.29, 1.82) is 0 Å². The molecule has 0 heterocycles. The summed E-state index contributed by atoms with van der Waals surface area (Å²) in [6.07, 6.45) is 12.7. The quantitative estimate of drug-likeness (QED) is 0.282. The van der Waals surface area contributed by atoms with Crippen LogP contribution in [0.5, 0.6) is 11.5 Å². The predicted octanol–water partition coefficient (Wildman–Crippen LogP) is 8.43. The summed E-state index contributed by atoms with van der Waals surface area (Å²) in [5, 5.41) is 0. The van der Waals surface area contributed by atoms with Crippen LogP contribution in [-0.4, -0.2) is 11.9 Å². The standard InChI is InChI=1S/C35H50O4/c1-21(36)38-24-10-11-25(39-22(2)37)30-23(24)20-29-34(7)18-13-27-32(5)16-9-15-31(3,4)26(32)12-17-33(27,6)28(34)14-19-35(29,30)8/h10-11,26-29H,9,12-20H2,1-8H3. The van der Waals surface area contributed by atoms with E-state index in [2.05, 4.69) is 41.5 Å². The van der Waals surface area contributed by atoms with Crippen LogP contribution in [0.2, 0.25) is 0 Å². The molecule has 0 aromatic heterocycles. The van der Waals surface area contributed by atoms with Crippen molar-refractivity contribution in [3.05, 3.63) is 23.3 Å². The number of fused-ring (bicyclic) bond motifs is 9. The molecule has 0 N–H and O–H groups in total. The van der Waals surface area contributed by atoms with Gasteiger partial charge in [-0.2, -0.15) is 0 Å². The lowest BCUT2D eigenvalue weighted by Crippen LogP contribution is -2.64. The maximum atomic E-state index is 12.1. The molecule has 8 atom stereocenters. The lowest BCUT2D eigenvalue weighted by Gasteiger charge is -2.71. The minimum absolute atomic E-state index is 0.0986. The molecule has 0 bridgehead atoms. The molecule has 6 rings (SSSR count). The highest BCUT2D eigenvalue weighted by molar-refractivity contribution is 5.73. The van der Waals surface area contributed by atoms with E-state index in [9.17, 15) is 9.59 Å². The van der Waals surface area contributed by atoms with E-state index < -0.39 is 0 Å². The lowest BCUT2D eigenvalue weighted by molar-refractivity contribution is -0.216. The van der Waals surface area contributed by atoms with E-state index in [4.69, 9.17) is 9.47 Å². The van der Waals surface area contributed by atoms with Crippen LogP contribution in [0.1, 0.15) is 124 Å². The third-order valence-corrected chi connectivity index (χ3v) is 13.6. The average Bonchev–Trinajstić information content (AvgIpc) is 3.14. The first-order chi connectivity index (χ1) is 18.2. The van der Waals surface area contributed by atoms with Crippen molar-refractivity contribution in [3.8, 4) is 11.5 Å². The summed E-state index contributed by atoms with van der Waals surface area (Å²) in [4.78, 5) is 24.2. The summed E-state index contributed by atoms with van der Waals surface area (Å²) in [6, 6.07) is 3.69. The minimum atomic E-state index is -0.296. The molecule has 0 aliphatic heterocycles. The van der Waals surface area contributed by atoms with Gasteiger partial charge in [0.1, 0.15) is 11.5 Å². The van der Waals surface area contributed by atoms with E-state index in [1.807, 2.05) is 12.1 Å². The first-order valence-electron chi connectivity index (χ1n) is 15.7. The summed E-state index contributed by atoms with van der Waals surface area (Å²) in [5.41, 5.74) is 3.57. The molecule has 0 saturated heterocycles. The van der Waals surface area contributed by atoms with Gasteiger partial charge in [-0.05, 0) is 115 Å². The minimum Gasteiger partial charge on any atom is -0.426 e. The molecule has 4 fully saturated rings. The van der Waals surface area contributed by atoms with Gasteiger partial charge in [-0.1, -0.05) is 48.0 Å². The van der Waals surface area contributed by atoms with E-state index in [-0.39, 0.29) is 22.8 Å². The molecule has 5 aliphatic carbocycles. The summed E-state index contributed by atoms with van der Waals surface area (Å²) >= 11 is 0. The Labute approximate surface area is 236 Å². The summed E-state index contributed by atoms with van der Waals surface area (Å²) < 4.78 is 11.6. The van der Waals surface area contributed by atoms with Crippen LogP contribution in [0.3, 0.4) is 0 Å². The zero-order valence-electron chi connectivity index (χ0n) is 25.7. The average molecular weight is 535 g/mol. The maximum absolute atomic E-state index is 12.1. The first-order valence-corrected chi connectivity index (χ1v) is 15.7. The molecule has 1 aromatic rings. The number of esters is 2. The van der Waals surface area contributed by atoms with E-state index in [1.54, 1.807) is 0 Å². The van der Waals surface area contributed by atoms with Gasteiger partial charge in [0.2, 0.25) is 0 Å². The second-order valence-electron chi connectivity index (χ2n) is 15.9. The smallest absolute Gasteiger partial charge is 0.308 e. The molecule has 0 amide bonds. The number of carbonyl (C=O) groups excluding carboxylic acids is 2. The van der Waals surface area contributed by atoms with Crippen molar-refractivity contribution in [1.82, 2.24) is 0 Å². The van der Waals surface area contributed by atoms with Crippen LogP contribution in [0.25, 0.3) is 0 Å². The SMILES string of the molecule is CC(=O)Oc1ccc(OC(C)=O)c2c1CC1C2(C)CCC2C1(C)CCC1C3(C)CCCC(C)(C)C3CCC12C. The number of ether oxygens (including phenoxy) is 2. The molecule has 0 spiro atoms. The van der Waals surface area contributed by atoms with E-state index >= 15 is 0 Å². The molecule has 4 saturated carbocycles. The van der Waals surface area contributed by atoms with E-state index in [1.165, 1.54) is 65.2 Å². The number of hydrogen-bond donors (Lipinski definition) is 0. The zero-order chi connectivity index (χ0) is 28.2. The highest BCUT2D eigenvalue weighted by atomic mass is 16.5. The molecular formula is C35H50O4. The van der Waals surface area contributed by atoms with Crippen molar-refractivity contribution < 1.29 is 19.1 Å². The molecule has 0 radical (unpaired) electrons. The number of benzene rings is 1.